The summed E-state index contributed by atoms with van der Waals surface area (Å²) in [5, 5.41) is 5.14. The molecule has 6 heteroatoms. The third-order valence-electron chi connectivity index (χ3n) is 3.59. The van der Waals surface area contributed by atoms with Crippen molar-refractivity contribution in [2.45, 2.75) is 6.54 Å². The summed E-state index contributed by atoms with van der Waals surface area (Å²) >= 11 is 11.9. The number of halogens is 2. The molecule has 122 valence electrons. The van der Waals surface area contributed by atoms with Crippen LogP contribution in [0.2, 0.25) is 10.0 Å². The maximum Gasteiger partial charge on any atom is 0.253 e. The molecule has 0 radical (unpaired) electrons. The second-order valence-corrected chi connectivity index (χ2v) is 6.23. The first-order valence-corrected chi connectivity index (χ1v) is 8.09. The van der Waals surface area contributed by atoms with Crippen LogP contribution in [0.15, 0.2) is 60.9 Å². The van der Waals surface area contributed by atoms with Crippen molar-refractivity contribution in [3.8, 4) is 5.69 Å². The van der Waals surface area contributed by atoms with Crippen LogP contribution in [0.4, 0.5) is 0 Å². The van der Waals surface area contributed by atoms with E-state index in [9.17, 15) is 4.79 Å². The van der Waals surface area contributed by atoms with Crippen LogP contribution >= 0.6 is 23.2 Å². The molecule has 0 aliphatic heterocycles. The molecule has 3 rings (SSSR count). The van der Waals surface area contributed by atoms with Gasteiger partial charge in [0.15, 0.2) is 0 Å². The number of hydrogen-bond donors (Lipinski definition) is 0. The Morgan fingerprint density at radius 1 is 1.12 bits per heavy atom. The smallest absolute Gasteiger partial charge is 0.253 e. The Bertz CT molecular complexity index is 862. The van der Waals surface area contributed by atoms with E-state index in [1.54, 1.807) is 41.0 Å². The zero-order chi connectivity index (χ0) is 17.1. The molecule has 0 saturated carbocycles. The van der Waals surface area contributed by atoms with Crippen molar-refractivity contribution in [1.29, 1.82) is 0 Å². The van der Waals surface area contributed by atoms with Gasteiger partial charge < -0.3 is 4.90 Å². The highest BCUT2D eigenvalue weighted by atomic mass is 35.5. The van der Waals surface area contributed by atoms with E-state index >= 15 is 0 Å². The molecule has 0 aliphatic carbocycles. The zero-order valence-electron chi connectivity index (χ0n) is 13.0. The minimum atomic E-state index is -0.124. The molecule has 1 aromatic heterocycles. The van der Waals surface area contributed by atoms with Crippen LogP contribution in [-0.2, 0) is 6.54 Å². The first-order chi connectivity index (χ1) is 11.5. The van der Waals surface area contributed by atoms with Gasteiger partial charge in [0, 0.05) is 30.9 Å². The molecular formula is C18H15Cl2N3O. The third kappa shape index (κ3) is 3.61. The predicted octanol–water partition coefficient (Wildman–Crippen LogP) is 4.45. The Hall–Kier alpha value is -2.30. The number of nitrogens with zero attached hydrogens (tertiary/aromatic N) is 3. The van der Waals surface area contributed by atoms with E-state index < -0.39 is 0 Å². The summed E-state index contributed by atoms with van der Waals surface area (Å²) in [6.07, 6.45) is 3.67. The molecule has 1 amide bonds. The molecule has 0 fully saturated rings. The highest BCUT2D eigenvalue weighted by molar-refractivity contribution is 6.42. The summed E-state index contributed by atoms with van der Waals surface area (Å²) in [5.41, 5.74) is 2.42. The van der Waals surface area contributed by atoms with E-state index in [1.165, 1.54) is 0 Å². The average Bonchev–Trinajstić information content (AvgIpc) is 3.06. The molecule has 0 atom stereocenters. The minimum Gasteiger partial charge on any atom is -0.337 e. The van der Waals surface area contributed by atoms with Crippen LogP contribution in [0.25, 0.3) is 5.69 Å². The second kappa shape index (κ2) is 7.07. The van der Waals surface area contributed by atoms with Crippen LogP contribution in [0.3, 0.4) is 0 Å². The Balaban J connectivity index is 1.72. The third-order valence-corrected chi connectivity index (χ3v) is 4.33. The predicted molar refractivity (Wildman–Crippen MR) is 95.8 cm³/mol. The lowest BCUT2D eigenvalue weighted by Gasteiger charge is -2.16. The maximum atomic E-state index is 12.5. The van der Waals surface area contributed by atoms with Crippen molar-refractivity contribution in [1.82, 2.24) is 14.7 Å². The molecule has 0 bridgehead atoms. The summed E-state index contributed by atoms with van der Waals surface area (Å²) in [4.78, 5) is 14.1. The number of para-hydroxylation sites is 1. The highest BCUT2D eigenvalue weighted by Gasteiger charge is 2.14. The summed E-state index contributed by atoms with van der Waals surface area (Å²) in [7, 11) is 1.74. The first-order valence-electron chi connectivity index (χ1n) is 7.34. The van der Waals surface area contributed by atoms with Crippen molar-refractivity contribution in [3.05, 3.63) is 82.1 Å². The average molecular weight is 360 g/mol. The van der Waals surface area contributed by atoms with E-state index in [4.69, 9.17) is 23.2 Å². The van der Waals surface area contributed by atoms with Gasteiger partial charge in [0.05, 0.1) is 21.9 Å². The summed E-state index contributed by atoms with van der Waals surface area (Å²) < 4.78 is 1.78. The number of rotatable bonds is 4. The lowest BCUT2D eigenvalue weighted by Crippen LogP contribution is -2.26. The molecule has 1 heterocycles. The maximum absolute atomic E-state index is 12.5. The van der Waals surface area contributed by atoms with Crippen molar-refractivity contribution in [3.63, 3.8) is 0 Å². The Kier molecular flexibility index (Phi) is 4.88. The van der Waals surface area contributed by atoms with Gasteiger partial charge in [0.25, 0.3) is 5.91 Å². The lowest BCUT2D eigenvalue weighted by molar-refractivity contribution is 0.0785. The van der Waals surface area contributed by atoms with Crippen LogP contribution < -0.4 is 0 Å². The SMILES string of the molecule is CN(Cc1cnn(-c2ccccc2)c1)C(=O)c1ccc(Cl)c(Cl)c1. The van der Waals surface area contributed by atoms with Gasteiger partial charge in [-0.15, -0.1) is 0 Å². The van der Waals surface area contributed by atoms with Gasteiger partial charge in [-0.25, -0.2) is 4.68 Å². The Morgan fingerprint density at radius 3 is 2.58 bits per heavy atom. The lowest BCUT2D eigenvalue weighted by atomic mass is 10.2. The summed E-state index contributed by atoms with van der Waals surface area (Å²) in [6.45, 7) is 0.450. The monoisotopic (exact) mass is 359 g/mol. The summed E-state index contributed by atoms with van der Waals surface area (Å²) in [5.74, 6) is -0.124. The quantitative estimate of drug-likeness (QED) is 0.689. The highest BCUT2D eigenvalue weighted by Crippen LogP contribution is 2.23. The molecule has 24 heavy (non-hydrogen) atoms. The molecule has 0 spiro atoms. The molecule has 0 saturated heterocycles. The number of benzene rings is 2. The standard InChI is InChI=1S/C18H15Cl2N3O/c1-22(18(24)14-7-8-16(19)17(20)9-14)11-13-10-21-23(12-13)15-5-3-2-4-6-15/h2-10,12H,11H2,1H3. The fourth-order valence-corrected chi connectivity index (χ4v) is 2.66. The van der Waals surface area contributed by atoms with Gasteiger partial charge in [0.1, 0.15) is 0 Å². The Morgan fingerprint density at radius 2 is 1.88 bits per heavy atom. The molecule has 0 unspecified atom stereocenters. The van der Waals surface area contributed by atoms with Crippen molar-refractivity contribution >= 4 is 29.1 Å². The van der Waals surface area contributed by atoms with Crippen LogP contribution in [-0.4, -0.2) is 27.6 Å². The van der Waals surface area contributed by atoms with E-state index in [0.717, 1.165) is 11.3 Å². The fourth-order valence-electron chi connectivity index (χ4n) is 2.36. The number of hydrogen-bond acceptors (Lipinski definition) is 2. The Labute approximate surface area is 150 Å². The molecule has 3 aromatic rings. The number of carbonyl (C=O) groups is 1. The van der Waals surface area contributed by atoms with E-state index in [2.05, 4.69) is 5.10 Å². The van der Waals surface area contributed by atoms with Crippen molar-refractivity contribution in [2.24, 2.45) is 0 Å². The fraction of sp³-hybridized carbons (Fsp3) is 0.111. The van der Waals surface area contributed by atoms with Gasteiger partial charge in [-0.1, -0.05) is 41.4 Å². The second-order valence-electron chi connectivity index (χ2n) is 5.42. The van der Waals surface area contributed by atoms with Gasteiger partial charge >= 0.3 is 0 Å². The van der Waals surface area contributed by atoms with E-state index in [-0.39, 0.29) is 5.91 Å². The zero-order valence-corrected chi connectivity index (χ0v) is 14.5. The van der Waals surface area contributed by atoms with Gasteiger partial charge in [-0.2, -0.15) is 5.10 Å². The first kappa shape index (κ1) is 16.6. The van der Waals surface area contributed by atoms with Crippen molar-refractivity contribution < 1.29 is 4.79 Å². The van der Waals surface area contributed by atoms with Crippen molar-refractivity contribution in [2.75, 3.05) is 7.05 Å². The molecule has 4 nitrogen and oxygen atoms in total. The largest absolute Gasteiger partial charge is 0.337 e. The van der Waals surface area contributed by atoms with Gasteiger partial charge in [0.2, 0.25) is 0 Å². The summed E-state index contributed by atoms with van der Waals surface area (Å²) in [6, 6.07) is 14.7. The molecule has 0 aliphatic rings. The molecule has 0 N–H and O–H groups in total. The van der Waals surface area contributed by atoms with Gasteiger partial charge in [-0.3, -0.25) is 4.79 Å². The normalized spacial score (nSPS) is 10.6. The topological polar surface area (TPSA) is 38.1 Å². The number of amides is 1. The van der Waals surface area contributed by atoms with Gasteiger partial charge in [-0.05, 0) is 30.3 Å². The van der Waals surface area contributed by atoms with E-state index in [1.807, 2.05) is 36.5 Å². The minimum absolute atomic E-state index is 0.124. The molecular weight excluding hydrogens is 345 g/mol. The number of carbonyl (C=O) groups excluding carboxylic acids is 1. The number of aromatic nitrogens is 2. The van der Waals surface area contributed by atoms with Crippen LogP contribution in [0.5, 0.6) is 0 Å². The molecule has 2 aromatic carbocycles. The van der Waals surface area contributed by atoms with Crippen LogP contribution in [0.1, 0.15) is 15.9 Å². The van der Waals surface area contributed by atoms with Crippen LogP contribution in [0, 0.1) is 0 Å². The van der Waals surface area contributed by atoms with E-state index in [0.29, 0.717) is 22.2 Å².